The van der Waals surface area contributed by atoms with Gasteiger partial charge >= 0.3 is 6.03 Å². The number of nitrogens with one attached hydrogen (secondary N) is 1. The van der Waals surface area contributed by atoms with Crippen molar-refractivity contribution in [2.45, 2.75) is 25.3 Å². The molecule has 0 radical (unpaired) electrons. The second kappa shape index (κ2) is 9.95. The number of hydrogen-bond acceptors (Lipinski definition) is 7. The molecule has 206 valence electrons. The SMILES string of the molecule is COc1cc(CC2(CN3CC4CC(C3)c3cccc(=O)n3C4)C(=O)NC(=O)N(c3ccccc3)C2=O)ccc1O. The Balaban J connectivity index is 1.39. The zero-order valence-corrected chi connectivity index (χ0v) is 22.1. The van der Waals surface area contributed by atoms with Crippen molar-refractivity contribution >= 4 is 23.5 Å². The number of barbiturate groups is 1. The van der Waals surface area contributed by atoms with E-state index in [0.717, 1.165) is 17.0 Å². The van der Waals surface area contributed by atoms with Crippen LogP contribution >= 0.6 is 0 Å². The number of rotatable bonds is 6. The van der Waals surface area contributed by atoms with Gasteiger partial charge in [-0.1, -0.05) is 30.3 Å². The molecule has 10 nitrogen and oxygen atoms in total. The predicted molar refractivity (Wildman–Crippen MR) is 146 cm³/mol. The fraction of sp³-hybridized carbons (Fsp3) is 0.333. The van der Waals surface area contributed by atoms with Gasteiger partial charge in [-0.05, 0) is 54.7 Å². The van der Waals surface area contributed by atoms with Crippen molar-refractivity contribution in [3.8, 4) is 11.5 Å². The van der Waals surface area contributed by atoms with Crippen LogP contribution < -0.4 is 20.5 Å². The molecule has 2 bridgehead atoms. The third kappa shape index (κ3) is 4.34. The van der Waals surface area contributed by atoms with Crippen LogP contribution in [0.4, 0.5) is 10.5 Å². The summed E-state index contributed by atoms with van der Waals surface area (Å²) in [5.74, 6) is -0.826. The van der Waals surface area contributed by atoms with Gasteiger partial charge in [0.1, 0.15) is 5.41 Å². The molecule has 2 aromatic carbocycles. The van der Waals surface area contributed by atoms with Crippen LogP contribution in [0, 0.1) is 11.3 Å². The number of methoxy groups -OCH3 is 1. The van der Waals surface area contributed by atoms with Crippen LogP contribution in [0.15, 0.2) is 71.5 Å². The number of piperidine rings is 1. The lowest BCUT2D eigenvalue weighted by molar-refractivity contribution is -0.144. The first-order chi connectivity index (χ1) is 19.3. The minimum atomic E-state index is -1.63. The lowest BCUT2D eigenvalue weighted by atomic mass is 9.75. The predicted octanol–water partition coefficient (Wildman–Crippen LogP) is 2.49. The van der Waals surface area contributed by atoms with E-state index in [0.29, 0.717) is 30.9 Å². The topological polar surface area (TPSA) is 121 Å². The van der Waals surface area contributed by atoms with Gasteiger partial charge in [0.2, 0.25) is 5.91 Å². The lowest BCUT2D eigenvalue weighted by Gasteiger charge is -2.47. The van der Waals surface area contributed by atoms with Crippen LogP contribution in [-0.2, 0) is 22.6 Å². The van der Waals surface area contributed by atoms with Crippen molar-refractivity contribution in [3.63, 3.8) is 0 Å². The molecule has 6 rings (SSSR count). The second-order valence-electron chi connectivity index (χ2n) is 10.9. The highest BCUT2D eigenvalue weighted by Crippen LogP contribution is 2.40. The standard InChI is InChI=1S/C30H30N4O6/c1-40-25-13-19(10-11-24(25)35)14-30(27(37)31-29(39)34(28(30)38)22-6-3-2-4-7-22)18-32-15-20-12-21(17-32)23-8-5-9-26(36)33(23)16-20/h2-11,13,20-21,35H,12,14-18H2,1H3,(H,31,37,39). The maximum Gasteiger partial charge on any atom is 0.335 e. The number of para-hydroxylation sites is 1. The Labute approximate surface area is 230 Å². The van der Waals surface area contributed by atoms with E-state index in [1.165, 1.54) is 13.2 Å². The van der Waals surface area contributed by atoms with Crippen LogP contribution in [0.1, 0.15) is 23.6 Å². The van der Waals surface area contributed by atoms with E-state index in [1.807, 2.05) is 10.6 Å². The first-order valence-electron chi connectivity index (χ1n) is 13.3. The monoisotopic (exact) mass is 542 g/mol. The molecule has 3 aliphatic rings. The summed E-state index contributed by atoms with van der Waals surface area (Å²) < 4.78 is 7.11. The average molecular weight is 543 g/mol. The van der Waals surface area contributed by atoms with Gasteiger partial charge in [-0.3, -0.25) is 19.7 Å². The summed E-state index contributed by atoms with van der Waals surface area (Å²) in [6, 6.07) is 17.8. The Morgan fingerprint density at radius 2 is 1.77 bits per heavy atom. The number of amides is 4. The number of ether oxygens (including phenoxy) is 1. The molecule has 0 saturated carbocycles. The van der Waals surface area contributed by atoms with E-state index >= 15 is 0 Å². The van der Waals surface area contributed by atoms with Gasteiger partial charge < -0.3 is 19.3 Å². The first kappa shape index (κ1) is 25.8. The third-order valence-corrected chi connectivity index (χ3v) is 8.28. The number of carbonyl (C=O) groups excluding carboxylic acids is 3. The number of carbonyl (C=O) groups is 3. The molecule has 4 amide bonds. The van der Waals surface area contributed by atoms with E-state index in [4.69, 9.17) is 4.74 Å². The molecule has 40 heavy (non-hydrogen) atoms. The van der Waals surface area contributed by atoms with Gasteiger partial charge in [0, 0.05) is 43.9 Å². The molecule has 0 aliphatic carbocycles. The minimum Gasteiger partial charge on any atom is -0.504 e. The first-order valence-corrected chi connectivity index (χ1v) is 13.3. The Morgan fingerprint density at radius 1 is 0.975 bits per heavy atom. The van der Waals surface area contributed by atoms with Crippen molar-refractivity contribution in [1.82, 2.24) is 14.8 Å². The van der Waals surface area contributed by atoms with Gasteiger partial charge in [-0.15, -0.1) is 0 Å². The Morgan fingerprint density at radius 3 is 2.55 bits per heavy atom. The number of aromatic nitrogens is 1. The molecule has 2 N–H and O–H groups in total. The highest BCUT2D eigenvalue weighted by Gasteiger charge is 2.55. The Hall–Kier alpha value is -4.44. The number of benzene rings is 2. The highest BCUT2D eigenvalue weighted by molar-refractivity contribution is 6.30. The molecular formula is C30H30N4O6. The van der Waals surface area contributed by atoms with Crippen LogP contribution in [0.5, 0.6) is 11.5 Å². The van der Waals surface area contributed by atoms with Crippen LogP contribution in [0.3, 0.4) is 0 Å². The van der Waals surface area contributed by atoms with Gasteiger partial charge in [-0.25, -0.2) is 9.69 Å². The maximum atomic E-state index is 14.3. The quantitative estimate of drug-likeness (QED) is 0.459. The number of hydrogen-bond donors (Lipinski definition) is 2. The second-order valence-corrected chi connectivity index (χ2v) is 10.9. The largest absolute Gasteiger partial charge is 0.504 e. The summed E-state index contributed by atoms with van der Waals surface area (Å²) in [5.41, 5.74) is 0.292. The van der Waals surface area contributed by atoms with Crippen molar-refractivity contribution < 1.29 is 24.2 Å². The lowest BCUT2D eigenvalue weighted by Crippen LogP contribution is -2.68. The number of aromatic hydroxyl groups is 1. The Kier molecular flexibility index (Phi) is 6.42. The number of nitrogens with zero attached hydrogens (tertiary/aromatic N) is 3. The molecule has 4 heterocycles. The van der Waals surface area contributed by atoms with Crippen LogP contribution in [-0.4, -0.2) is 59.2 Å². The summed E-state index contributed by atoms with van der Waals surface area (Å²) >= 11 is 0. The number of phenols is 1. The number of urea groups is 1. The number of likely N-dealkylation sites (tertiary alicyclic amines) is 1. The summed E-state index contributed by atoms with van der Waals surface area (Å²) in [6.45, 7) is 1.85. The minimum absolute atomic E-state index is 0.00714. The molecule has 0 spiro atoms. The maximum absolute atomic E-state index is 14.3. The molecule has 2 fully saturated rings. The third-order valence-electron chi connectivity index (χ3n) is 8.28. The zero-order chi connectivity index (χ0) is 28.0. The molecule has 3 aliphatic heterocycles. The number of phenolic OH excluding ortho intramolecular Hbond substituents is 1. The average Bonchev–Trinajstić information content (AvgIpc) is 2.94. The molecule has 3 atom stereocenters. The van der Waals surface area contributed by atoms with Gasteiger partial charge in [-0.2, -0.15) is 0 Å². The van der Waals surface area contributed by atoms with Gasteiger partial charge in [0.05, 0.1) is 12.8 Å². The van der Waals surface area contributed by atoms with Crippen molar-refractivity contribution in [1.29, 1.82) is 0 Å². The summed E-state index contributed by atoms with van der Waals surface area (Å²) in [5, 5.41) is 12.6. The molecule has 2 saturated heterocycles. The highest BCUT2D eigenvalue weighted by atomic mass is 16.5. The fourth-order valence-electron chi connectivity index (χ4n) is 6.53. The molecule has 10 heteroatoms. The smallest absolute Gasteiger partial charge is 0.335 e. The molecule has 3 aromatic rings. The van der Waals surface area contributed by atoms with E-state index in [9.17, 15) is 24.3 Å². The van der Waals surface area contributed by atoms with Crippen molar-refractivity contribution in [2.75, 3.05) is 31.6 Å². The van der Waals surface area contributed by atoms with E-state index in [1.54, 1.807) is 54.6 Å². The summed E-state index contributed by atoms with van der Waals surface area (Å²) in [7, 11) is 1.43. The summed E-state index contributed by atoms with van der Waals surface area (Å²) in [6.07, 6.45) is 0.920. The van der Waals surface area contributed by atoms with E-state index < -0.39 is 23.3 Å². The number of anilines is 1. The number of pyridine rings is 1. The van der Waals surface area contributed by atoms with E-state index in [2.05, 4.69) is 10.2 Å². The Bertz CT molecular complexity index is 1550. The summed E-state index contributed by atoms with van der Waals surface area (Å²) in [4.78, 5) is 56.8. The van der Waals surface area contributed by atoms with Gasteiger partial charge in [0.25, 0.3) is 11.5 Å². The number of fused-ring (bicyclic) bond motifs is 4. The normalized spacial score (nSPS) is 24.4. The van der Waals surface area contributed by atoms with Gasteiger partial charge in [0.15, 0.2) is 11.5 Å². The van der Waals surface area contributed by atoms with E-state index in [-0.39, 0.29) is 41.9 Å². The fourth-order valence-corrected chi connectivity index (χ4v) is 6.53. The van der Waals surface area contributed by atoms with Crippen molar-refractivity contribution in [3.05, 3.63) is 88.3 Å². The number of imide groups is 2. The molecule has 3 unspecified atom stereocenters. The zero-order valence-electron chi connectivity index (χ0n) is 22.1. The molecule has 1 aromatic heterocycles. The molecular weight excluding hydrogens is 512 g/mol. The van der Waals surface area contributed by atoms with Crippen molar-refractivity contribution in [2.24, 2.45) is 11.3 Å². The van der Waals surface area contributed by atoms with Crippen LogP contribution in [0.25, 0.3) is 0 Å². The van der Waals surface area contributed by atoms with Crippen LogP contribution in [0.2, 0.25) is 0 Å².